The monoisotopic (exact) mass is 444 g/mol. The summed E-state index contributed by atoms with van der Waals surface area (Å²) in [7, 11) is 0. The number of carbonyl (C=O) groups is 2. The van der Waals surface area contributed by atoms with Gasteiger partial charge in [-0.25, -0.2) is 4.98 Å². The maximum Gasteiger partial charge on any atom is 0.256 e. The van der Waals surface area contributed by atoms with Crippen molar-refractivity contribution in [3.05, 3.63) is 65.1 Å². The predicted molar refractivity (Wildman–Crippen MR) is 125 cm³/mol. The molecule has 0 N–H and O–H groups in total. The minimum Gasteiger partial charge on any atom is -0.355 e. The number of fused-ring (bicyclic) bond motifs is 1. The molecule has 8 nitrogen and oxygen atoms in total. The first-order chi connectivity index (χ1) is 16.0. The van der Waals surface area contributed by atoms with Gasteiger partial charge in [0.05, 0.1) is 29.3 Å². The molecule has 8 heteroatoms. The van der Waals surface area contributed by atoms with E-state index in [-0.39, 0.29) is 17.7 Å². The summed E-state index contributed by atoms with van der Waals surface area (Å²) in [5, 5.41) is 8.46. The first-order valence-electron chi connectivity index (χ1n) is 11.6. The second kappa shape index (κ2) is 8.77. The minimum absolute atomic E-state index is 0.00986. The van der Waals surface area contributed by atoms with Crippen molar-refractivity contribution in [3.63, 3.8) is 0 Å². The topological polar surface area (TPSA) is 84.2 Å². The van der Waals surface area contributed by atoms with Crippen molar-refractivity contribution >= 4 is 17.5 Å². The first-order valence-corrected chi connectivity index (χ1v) is 11.6. The standard InChI is InChI=1S/C25H28N6O2/c1-17-6-8-22(31-26-11-12-27-31)20(16-17)25(33)30-15-14-29(13-10-18(30)2)24-9-7-19-21(28-24)4-3-5-23(19)32/h6-9,11-12,16,18H,3-5,10,13-15H2,1-2H3/t18-/m1/s1. The maximum atomic E-state index is 13.7. The third kappa shape index (κ3) is 4.13. The number of carbonyl (C=O) groups excluding carboxylic acids is 2. The molecule has 0 bridgehead atoms. The van der Waals surface area contributed by atoms with Crippen molar-refractivity contribution in [2.24, 2.45) is 0 Å². The van der Waals surface area contributed by atoms with Crippen LogP contribution in [0.2, 0.25) is 0 Å². The molecule has 1 amide bonds. The molecule has 1 atom stereocenters. The fourth-order valence-corrected chi connectivity index (χ4v) is 4.74. The fraction of sp³-hybridized carbons (Fsp3) is 0.400. The molecule has 5 rings (SSSR count). The zero-order valence-electron chi connectivity index (χ0n) is 19.1. The van der Waals surface area contributed by atoms with E-state index in [4.69, 9.17) is 4.98 Å². The van der Waals surface area contributed by atoms with Gasteiger partial charge in [-0.3, -0.25) is 9.59 Å². The van der Waals surface area contributed by atoms with Crippen LogP contribution in [-0.2, 0) is 6.42 Å². The molecule has 0 unspecified atom stereocenters. The van der Waals surface area contributed by atoms with E-state index in [0.29, 0.717) is 30.8 Å². The van der Waals surface area contributed by atoms with Crippen molar-refractivity contribution in [1.82, 2.24) is 24.9 Å². The van der Waals surface area contributed by atoms with E-state index in [1.807, 2.05) is 42.2 Å². The average molecular weight is 445 g/mol. The lowest BCUT2D eigenvalue weighted by molar-refractivity contribution is 0.0704. The third-order valence-corrected chi connectivity index (χ3v) is 6.64. The summed E-state index contributed by atoms with van der Waals surface area (Å²) in [6.07, 6.45) is 6.39. The van der Waals surface area contributed by atoms with Gasteiger partial charge in [0.2, 0.25) is 0 Å². The highest BCUT2D eigenvalue weighted by atomic mass is 16.2. The number of anilines is 1. The zero-order valence-corrected chi connectivity index (χ0v) is 19.1. The van der Waals surface area contributed by atoms with Gasteiger partial charge in [0, 0.05) is 37.7 Å². The number of aromatic nitrogens is 4. The van der Waals surface area contributed by atoms with E-state index in [9.17, 15) is 9.59 Å². The molecule has 33 heavy (non-hydrogen) atoms. The molecule has 0 spiro atoms. The molecule has 2 aliphatic rings. The molecule has 0 saturated carbocycles. The number of rotatable bonds is 3. The quantitative estimate of drug-likeness (QED) is 0.617. The largest absolute Gasteiger partial charge is 0.355 e. The number of hydrogen-bond acceptors (Lipinski definition) is 6. The molecular formula is C25H28N6O2. The maximum absolute atomic E-state index is 13.7. The molecule has 1 aromatic carbocycles. The molecule has 3 aromatic rings. The van der Waals surface area contributed by atoms with Gasteiger partial charge in [-0.15, -0.1) is 0 Å². The Bertz CT molecular complexity index is 1190. The van der Waals surface area contributed by atoms with Crippen LogP contribution in [0.1, 0.15) is 58.2 Å². The minimum atomic E-state index is -0.00986. The summed E-state index contributed by atoms with van der Waals surface area (Å²) in [6, 6.07) is 9.74. The fourth-order valence-electron chi connectivity index (χ4n) is 4.74. The summed E-state index contributed by atoms with van der Waals surface area (Å²) in [5.74, 6) is 1.07. The Balaban J connectivity index is 1.38. The molecule has 1 aliphatic carbocycles. The lowest BCUT2D eigenvalue weighted by Crippen LogP contribution is -2.40. The van der Waals surface area contributed by atoms with Crippen LogP contribution >= 0.6 is 0 Å². The summed E-state index contributed by atoms with van der Waals surface area (Å²) >= 11 is 0. The van der Waals surface area contributed by atoms with Crippen LogP contribution in [-0.4, -0.2) is 62.2 Å². The summed E-state index contributed by atoms with van der Waals surface area (Å²) < 4.78 is 0. The third-order valence-electron chi connectivity index (χ3n) is 6.64. The van der Waals surface area contributed by atoms with Crippen molar-refractivity contribution in [3.8, 4) is 5.69 Å². The summed E-state index contributed by atoms with van der Waals surface area (Å²) in [6.45, 7) is 6.18. The van der Waals surface area contributed by atoms with Gasteiger partial charge in [0.15, 0.2) is 5.78 Å². The van der Waals surface area contributed by atoms with Crippen LogP contribution in [0.4, 0.5) is 5.82 Å². The Morgan fingerprint density at radius 1 is 1.03 bits per heavy atom. The van der Waals surface area contributed by atoms with Crippen LogP contribution in [0, 0.1) is 6.92 Å². The molecule has 1 fully saturated rings. The van der Waals surface area contributed by atoms with Crippen LogP contribution in [0.25, 0.3) is 5.69 Å². The van der Waals surface area contributed by atoms with Crippen molar-refractivity contribution in [2.45, 2.75) is 45.6 Å². The van der Waals surface area contributed by atoms with E-state index in [2.05, 4.69) is 22.0 Å². The van der Waals surface area contributed by atoms with Crippen LogP contribution < -0.4 is 4.90 Å². The van der Waals surface area contributed by atoms with Crippen molar-refractivity contribution in [1.29, 1.82) is 0 Å². The summed E-state index contributed by atoms with van der Waals surface area (Å²) in [5.41, 5.74) is 3.99. The van der Waals surface area contributed by atoms with Crippen LogP contribution in [0.3, 0.4) is 0 Å². The number of benzene rings is 1. The number of amides is 1. The van der Waals surface area contributed by atoms with E-state index in [0.717, 1.165) is 48.4 Å². The van der Waals surface area contributed by atoms with Gasteiger partial charge in [-0.2, -0.15) is 15.0 Å². The molecule has 2 aromatic heterocycles. The molecular weight excluding hydrogens is 416 g/mol. The molecule has 1 saturated heterocycles. The smallest absolute Gasteiger partial charge is 0.256 e. The molecule has 0 radical (unpaired) electrons. The number of pyridine rings is 1. The Kier molecular flexibility index (Phi) is 5.66. The van der Waals surface area contributed by atoms with Gasteiger partial charge in [0.25, 0.3) is 5.91 Å². The average Bonchev–Trinajstić information content (AvgIpc) is 3.28. The van der Waals surface area contributed by atoms with Crippen LogP contribution in [0.5, 0.6) is 0 Å². The van der Waals surface area contributed by atoms with Crippen molar-refractivity contribution < 1.29 is 9.59 Å². The number of aryl methyl sites for hydroxylation is 2. The zero-order chi connectivity index (χ0) is 22.9. The Morgan fingerprint density at radius 3 is 2.67 bits per heavy atom. The number of Topliss-reactive ketones (excluding diaryl/α,β-unsaturated/α-hetero) is 1. The number of ketones is 1. The first kappa shape index (κ1) is 21.3. The van der Waals surface area contributed by atoms with E-state index in [1.165, 1.54) is 4.80 Å². The van der Waals surface area contributed by atoms with Crippen molar-refractivity contribution in [2.75, 3.05) is 24.5 Å². The number of hydrogen-bond donors (Lipinski definition) is 0. The molecule has 3 heterocycles. The summed E-state index contributed by atoms with van der Waals surface area (Å²) in [4.78, 5) is 36.3. The Labute approximate surface area is 193 Å². The van der Waals surface area contributed by atoms with Gasteiger partial charge in [-0.1, -0.05) is 11.6 Å². The lowest BCUT2D eigenvalue weighted by atomic mass is 9.95. The normalized spacial score (nSPS) is 18.7. The molecule has 170 valence electrons. The van der Waals surface area contributed by atoms with Crippen LogP contribution in [0.15, 0.2) is 42.7 Å². The van der Waals surface area contributed by atoms with E-state index in [1.54, 1.807) is 12.4 Å². The highest BCUT2D eigenvalue weighted by Gasteiger charge is 2.29. The van der Waals surface area contributed by atoms with Gasteiger partial charge in [-0.05, 0) is 57.4 Å². The van der Waals surface area contributed by atoms with E-state index < -0.39 is 0 Å². The Hall–Kier alpha value is -3.55. The predicted octanol–water partition coefficient (Wildman–Crippen LogP) is 3.23. The second-order valence-electron chi connectivity index (χ2n) is 8.90. The Morgan fingerprint density at radius 2 is 1.85 bits per heavy atom. The highest BCUT2D eigenvalue weighted by molar-refractivity contribution is 5.98. The highest BCUT2D eigenvalue weighted by Crippen LogP contribution is 2.25. The SMILES string of the molecule is Cc1ccc(-n2nccn2)c(C(=O)N2CCN(c3ccc4c(n3)CCCC4=O)CC[C@H]2C)c1. The van der Waals surface area contributed by atoms with Gasteiger partial charge < -0.3 is 9.80 Å². The lowest BCUT2D eigenvalue weighted by Gasteiger charge is -2.28. The van der Waals surface area contributed by atoms with E-state index >= 15 is 0 Å². The second-order valence-corrected chi connectivity index (χ2v) is 8.90. The van der Waals surface area contributed by atoms with Gasteiger partial charge >= 0.3 is 0 Å². The number of nitrogens with zero attached hydrogens (tertiary/aromatic N) is 6. The molecule has 1 aliphatic heterocycles. The van der Waals surface area contributed by atoms with Gasteiger partial charge in [0.1, 0.15) is 5.82 Å².